The number of sulfone groups is 1. The Hall–Kier alpha value is -0.0900. The van der Waals surface area contributed by atoms with E-state index in [4.69, 9.17) is 10.5 Å². The zero-order chi connectivity index (χ0) is 13.7. The molecule has 0 aliphatic carbocycles. The molecule has 3 N–H and O–H groups in total. The van der Waals surface area contributed by atoms with Crippen molar-refractivity contribution in [1.82, 2.24) is 5.32 Å². The Kier molecular flexibility index (Phi) is 9.17. The Morgan fingerprint density at radius 1 is 1.50 bits per heavy atom. The van der Waals surface area contributed by atoms with Crippen LogP contribution in [0.15, 0.2) is 4.99 Å². The molecule has 0 fully saturated rings. The largest absolute Gasteiger partial charge is 0.383 e. The average Bonchev–Trinajstić information content (AvgIpc) is 2.13. The van der Waals surface area contributed by atoms with Gasteiger partial charge in [-0.05, 0) is 20.8 Å². The van der Waals surface area contributed by atoms with Gasteiger partial charge in [0.15, 0.2) is 15.8 Å². The molecule has 0 saturated heterocycles. The van der Waals surface area contributed by atoms with Gasteiger partial charge in [0.2, 0.25) is 0 Å². The summed E-state index contributed by atoms with van der Waals surface area (Å²) in [6.07, 6.45) is 1.19. The zero-order valence-corrected chi connectivity index (χ0v) is 14.7. The zero-order valence-electron chi connectivity index (χ0n) is 11.6. The summed E-state index contributed by atoms with van der Waals surface area (Å²) in [6.45, 7) is 5.78. The van der Waals surface area contributed by atoms with Crippen LogP contribution in [0.1, 0.15) is 20.8 Å². The van der Waals surface area contributed by atoms with Crippen molar-refractivity contribution >= 4 is 39.8 Å². The standard InChI is InChI=1S/C10H23N3O3S.HI/c1-8(6-16-4)13-9(11)12-7-10(2,3)17(5,14)15;/h8H,6-7H2,1-5H3,(H3,11,12,13);1H. The van der Waals surface area contributed by atoms with Crippen LogP contribution in [0.4, 0.5) is 0 Å². The lowest BCUT2D eigenvalue weighted by atomic mass is 10.2. The molecule has 1 atom stereocenters. The highest BCUT2D eigenvalue weighted by atomic mass is 127. The number of hydrogen-bond acceptors (Lipinski definition) is 4. The van der Waals surface area contributed by atoms with E-state index < -0.39 is 14.6 Å². The Morgan fingerprint density at radius 2 is 2.00 bits per heavy atom. The minimum Gasteiger partial charge on any atom is -0.383 e. The number of nitrogens with one attached hydrogen (secondary N) is 1. The van der Waals surface area contributed by atoms with Crippen molar-refractivity contribution in [2.24, 2.45) is 10.7 Å². The van der Waals surface area contributed by atoms with E-state index >= 15 is 0 Å². The van der Waals surface area contributed by atoms with Gasteiger partial charge in [-0.25, -0.2) is 8.42 Å². The van der Waals surface area contributed by atoms with Gasteiger partial charge in [0, 0.05) is 19.4 Å². The molecule has 0 spiro atoms. The fourth-order valence-electron chi connectivity index (χ4n) is 0.983. The van der Waals surface area contributed by atoms with Gasteiger partial charge in [-0.1, -0.05) is 0 Å². The molecule has 0 radical (unpaired) electrons. The number of halogens is 1. The van der Waals surface area contributed by atoms with Crippen molar-refractivity contribution in [2.75, 3.05) is 26.5 Å². The molecular weight excluding hydrogens is 369 g/mol. The van der Waals surface area contributed by atoms with E-state index in [9.17, 15) is 8.42 Å². The fraction of sp³-hybridized carbons (Fsp3) is 0.900. The van der Waals surface area contributed by atoms with Gasteiger partial charge in [-0.2, -0.15) is 0 Å². The molecule has 0 saturated carbocycles. The first kappa shape index (κ1) is 20.2. The van der Waals surface area contributed by atoms with Crippen LogP contribution in [0.25, 0.3) is 0 Å². The first-order valence-corrected chi connectivity index (χ1v) is 7.24. The van der Waals surface area contributed by atoms with E-state index in [1.165, 1.54) is 6.26 Å². The van der Waals surface area contributed by atoms with Crippen molar-refractivity contribution in [3.8, 4) is 0 Å². The summed E-state index contributed by atoms with van der Waals surface area (Å²) in [5.41, 5.74) is 5.64. The number of methoxy groups -OCH3 is 1. The van der Waals surface area contributed by atoms with Crippen LogP contribution >= 0.6 is 24.0 Å². The van der Waals surface area contributed by atoms with Crippen LogP contribution in [-0.2, 0) is 14.6 Å². The lowest BCUT2D eigenvalue weighted by Gasteiger charge is -2.20. The topological polar surface area (TPSA) is 93.8 Å². The Morgan fingerprint density at radius 3 is 2.39 bits per heavy atom. The quantitative estimate of drug-likeness (QED) is 0.386. The number of rotatable bonds is 6. The van der Waals surface area contributed by atoms with E-state index in [0.717, 1.165) is 0 Å². The molecule has 1 unspecified atom stereocenters. The van der Waals surface area contributed by atoms with Gasteiger partial charge in [-0.3, -0.25) is 4.99 Å². The maximum Gasteiger partial charge on any atom is 0.188 e. The normalized spacial score (nSPS) is 14.8. The summed E-state index contributed by atoms with van der Waals surface area (Å²) >= 11 is 0. The third-order valence-electron chi connectivity index (χ3n) is 2.44. The molecule has 0 aliphatic heterocycles. The Bertz CT molecular complexity index is 369. The monoisotopic (exact) mass is 393 g/mol. The number of nitrogens with two attached hydrogens (primary N) is 1. The van der Waals surface area contributed by atoms with Crippen molar-refractivity contribution < 1.29 is 13.2 Å². The second-order valence-electron chi connectivity index (χ2n) is 4.73. The van der Waals surface area contributed by atoms with Crippen molar-refractivity contribution in [2.45, 2.75) is 31.6 Å². The van der Waals surface area contributed by atoms with Crippen LogP contribution in [0.3, 0.4) is 0 Å². The third kappa shape index (κ3) is 7.37. The van der Waals surface area contributed by atoms with Crippen LogP contribution in [-0.4, -0.2) is 51.7 Å². The molecule has 0 aliphatic rings. The second-order valence-corrected chi connectivity index (χ2v) is 7.38. The molecule has 0 aromatic rings. The predicted octanol–water partition coefficient (Wildman–Crippen LogP) is 0.367. The van der Waals surface area contributed by atoms with Gasteiger partial charge in [0.25, 0.3) is 0 Å². The molecule has 6 nitrogen and oxygen atoms in total. The second kappa shape index (κ2) is 8.16. The summed E-state index contributed by atoms with van der Waals surface area (Å²) in [5, 5.41) is 2.91. The summed E-state index contributed by atoms with van der Waals surface area (Å²) < 4.78 is 26.9. The van der Waals surface area contributed by atoms with Crippen molar-refractivity contribution in [3.63, 3.8) is 0 Å². The summed E-state index contributed by atoms with van der Waals surface area (Å²) in [4.78, 5) is 4.03. The molecular formula is C10H24IN3O3S. The fourth-order valence-corrected chi connectivity index (χ4v) is 1.28. The van der Waals surface area contributed by atoms with Crippen molar-refractivity contribution in [1.29, 1.82) is 0 Å². The molecule has 0 bridgehead atoms. The van der Waals surface area contributed by atoms with Crippen LogP contribution in [0, 0.1) is 0 Å². The number of aliphatic imine (C=N–C) groups is 1. The van der Waals surface area contributed by atoms with E-state index in [-0.39, 0.29) is 42.5 Å². The third-order valence-corrected chi connectivity index (χ3v) is 4.58. The van der Waals surface area contributed by atoms with Crippen molar-refractivity contribution in [3.05, 3.63) is 0 Å². The number of ether oxygens (including phenoxy) is 1. The van der Waals surface area contributed by atoms with Gasteiger partial charge < -0.3 is 15.8 Å². The van der Waals surface area contributed by atoms with Crippen LogP contribution < -0.4 is 11.1 Å². The smallest absolute Gasteiger partial charge is 0.188 e. The highest BCUT2D eigenvalue weighted by Crippen LogP contribution is 2.14. The lowest BCUT2D eigenvalue weighted by Crippen LogP contribution is -2.42. The Labute approximate surface area is 127 Å². The molecule has 8 heteroatoms. The lowest BCUT2D eigenvalue weighted by molar-refractivity contribution is 0.179. The Balaban J connectivity index is 0. The van der Waals surface area contributed by atoms with E-state index in [2.05, 4.69) is 10.3 Å². The van der Waals surface area contributed by atoms with E-state index in [1.54, 1.807) is 21.0 Å². The number of hydrogen-bond donors (Lipinski definition) is 2. The summed E-state index contributed by atoms with van der Waals surface area (Å²) in [7, 11) is -1.56. The maximum absolute atomic E-state index is 11.4. The molecule has 0 rings (SSSR count). The van der Waals surface area contributed by atoms with E-state index in [0.29, 0.717) is 6.61 Å². The van der Waals surface area contributed by atoms with E-state index in [1.807, 2.05) is 6.92 Å². The summed E-state index contributed by atoms with van der Waals surface area (Å²) in [6, 6.07) is 0.0325. The average molecular weight is 393 g/mol. The molecule has 0 heterocycles. The van der Waals surface area contributed by atoms with Gasteiger partial charge in [0.1, 0.15) is 0 Å². The van der Waals surface area contributed by atoms with Crippen LogP contribution in [0.5, 0.6) is 0 Å². The number of guanidine groups is 1. The first-order chi connectivity index (χ1) is 7.60. The first-order valence-electron chi connectivity index (χ1n) is 5.35. The molecule has 0 aromatic carbocycles. The highest BCUT2D eigenvalue weighted by molar-refractivity contribution is 14.0. The predicted molar refractivity (Wildman–Crippen MR) is 85.3 cm³/mol. The molecule has 0 amide bonds. The minimum atomic E-state index is -3.15. The maximum atomic E-state index is 11.4. The van der Waals surface area contributed by atoms with Gasteiger partial charge >= 0.3 is 0 Å². The highest BCUT2D eigenvalue weighted by Gasteiger charge is 2.29. The van der Waals surface area contributed by atoms with Gasteiger partial charge in [0.05, 0.1) is 17.9 Å². The molecule has 0 aromatic heterocycles. The molecule has 110 valence electrons. The molecule has 18 heavy (non-hydrogen) atoms. The van der Waals surface area contributed by atoms with Gasteiger partial charge in [-0.15, -0.1) is 24.0 Å². The van der Waals surface area contributed by atoms with Crippen LogP contribution in [0.2, 0.25) is 0 Å². The minimum absolute atomic E-state index is 0. The SMILES string of the molecule is COCC(C)NC(N)=NCC(C)(C)S(C)(=O)=O.I. The summed E-state index contributed by atoms with van der Waals surface area (Å²) in [5.74, 6) is 0.228. The number of nitrogens with zero attached hydrogens (tertiary/aromatic N) is 1.